The van der Waals surface area contributed by atoms with Crippen LogP contribution in [0.25, 0.3) is 0 Å². The predicted molar refractivity (Wildman–Crippen MR) is 67.2 cm³/mol. The first-order chi connectivity index (χ1) is 7.29. The largest absolute Gasteiger partial charge is 0.324 e. The van der Waals surface area contributed by atoms with Crippen LogP contribution < -0.4 is 5.73 Å². The topological polar surface area (TPSA) is 60.2 Å². The second-order valence-corrected chi connectivity index (χ2v) is 6.64. The Kier molecular flexibility index (Phi) is 4.10. The van der Waals surface area contributed by atoms with Crippen LogP contribution in [0.3, 0.4) is 0 Å². The van der Waals surface area contributed by atoms with Gasteiger partial charge in [0.1, 0.15) is 9.84 Å². The maximum Gasteiger partial charge on any atom is 0.147 e. The van der Waals surface area contributed by atoms with Crippen molar-refractivity contribution in [3.63, 3.8) is 0 Å². The fraction of sp³-hybridized carbons (Fsp3) is 0.500. The summed E-state index contributed by atoms with van der Waals surface area (Å²) in [5.41, 5.74) is 9.34. The highest BCUT2D eigenvalue weighted by molar-refractivity contribution is 7.90. The minimum atomic E-state index is -2.93. The van der Waals surface area contributed by atoms with E-state index >= 15 is 0 Å². The van der Waals surface area contributed by atoms with E-state index in [-0.39, 0.29) is 11.8 Å². The van der Waals surface area contributed by atoms with Crippen molar-refractivity contribution in [1.29, 1.82) is 0 Å². The average Bonchev–Trinajstić information content (AvgIpc) is 2.13. The molecule has 2 N–H and O–H groups in total. The normalized spacial score (nSPS) is 13.8. The lowest BCUT2D eigenvalue weighted by molar-refractivity contribution is 0.591. The monoisotopic (exact) mass is 241 g/mol. The maximum absolute atomic E-state index is 11.1. The quantitative estimate of drug-likeness (QED) is 0.873. The minimum absolute atomic E-state index is 0.140. The highest BCUT2D eigenvalue weighted by Gasteiger charge is 2.12. The van der Waals surface area contributed by atoms with Crippen molar-refractivity contribution in [3.05, 3.63) is 34.9 Å². The molecule has 0 saturated carbocycles. The zero-order valence-electron chi connectivity index (χ0n) is 10.0. The first-order valence-electron chi connectivity index (χ1n) is 5.30. The summed E-state index contributed by atoms with van der Waals surface area (Å²) in [6, 6.07) is 5.85. The van der Waals surface area contributed by atoms with Crippen LogP contribution in [-0.2, 0) is 9.84 Å². The molecule has 1 aromatic carbocycles. The van der Waals surface area contributed by atoms with Gasteiger partial charge in [-0.15, -0.1) is 0 Å². The molecule has 0 amide bonds. The van der Waals surface area contributed by atoms with Crippen LogP contribution in [0.4, 0.5) is 0 Å². The summed E-state index contributed by atoms with van der Waals surface area (Å²) >= 11 is 0. The van der Waals surface area contributed by atoms with Gasteiger partial charge in [0.25, 0.3) is 0 Å². The standard InChI is InChI=1S/C12H19NO2S/c1-9-4-5-11(10(2)8-9)12(13)6-7-16(3,14)15/h4-5,8,12H,6-7,13H2,1-3H3. The Morgan fingerprint density at radius 1 is 1.31 bits per heavy atom. The Morgan fingerprint density at radius 3 is 2.44 bits per heavy atom. The number of nitrogens with two attached hydrogens (primary N) is 1. The third-order valence-electron chi connectivity index (χ3n) is 2.62. The number of sulfone groups is 1. The molecule has 1 atom stereocenters. The lowest BCUT2D eigenvalue weighted by Crippen LogP contribution is -2.16. The molecule has 1 aromatic rings. The number of rotatable bonds is 4. The molecule has 1 rings (SSSR count). The van der Waals surface area contributed by atoms with Crippen LogP contribution in [-0.4, -0.2) is 20.4 Å². The molecule has 3 nitrogen and oxygen atoms in total. The first kappa shape index (κ1) is 13.2. The molecule has 0 radical (unpaired) electrons. The lowest BCUT2D eigenvalue weighted by atomic mass is 9.98. The molecule has 0 bridgehead atoms. The smallest absolute Gasteiger partial charge is 0.147 e. The highest BCUT2D eigenvalue weighted by atomic mass is 32.2. The molecule has 16 heavy (non-hydrogen) atoms. The third-order valence-corrected chi connectivity index (χ3v) is 3.60. The summed E-state index contributed by atoms with van der Waals surface area (Å²) in [4.78, 5) is 0. The molecule has 4 heteroatoms. The molecule has 0 aliphatic heterocycles. The van der Waals surface area contributed by atoms with Gasteiger partial charge in [0, 0.05) is 12.3 Å². The van der Waals surface area contributed by atoms with E-state index in [2.05, 4.69) is 6.07 Å². The first-order valence-corrected chi connectivity index (χ1v) is 7.36. The van der Waals surface area contributed by atoms with Crippen molar-refractivity contribution < 1.29 is 8.42 Å². The SMILES string of the molecule is Cc1ccc(C(N)CCS(C)(=O)=O)c(C)c1. The molecule has 90 valence electrons. The molecule has 0 aromatic heterocycles. The van der Waals surface area contributed by atoms with E-state index in [0.717, 1.165) is 11.1 Å². The van der Waals surface area contributed by atoms with E-state index in [4.69, 9.17) is 5.73 Å². The molecule has 0 fully saturated rings. The van der Waals surface area contributed by atoms with Crippen LogP contribution in [0.5, 0.6) is 0 Å². The Hall–Kier alpha value is -0.870. The van der Waals surface area contributed by atoms with Crippen LogP contribution in [0.1, 0.15) is 29.2 Å². The second-order valence-electron chi connectivity index (χ2n) is 4.39. The van der Waals surface area contributed by atoms with Gasteiger partial charge in [0.15, 0.2) is 0 Å². The van der Waals surface area contributed by atoms with Crippen molar-refractivity contribution >= 4 is 9.84 Å². The molecule has 0 heterocycles. The molecule has 0 aliphatic rings. The average molecular weight is 241 g/mol. The summed E-state index contributed by atoms with van der Waals surface area (Å²) in [6.07, 6.45) is 1.71. The fourth-order valence-corrected chi connectivity index (χ4v) is 2.42. The van der Waals surface area contributed by atoms with Crippen molar-refractivity contribution in [2.24, 2.45) is 5.73 Å². The zero-order valence-corrected chi connectivity index (χ0v) is 10.8. The Morgan fingerprint density at radius 2 is 1.94 bits per heavy atom. The lowest BCUT2D eigenvalue weighted by Gasteiger charge is -2.14. The van der Waals surface area contributed by atoms with Crippen LogP contribution >= 0.6 is 0 Å². The molecular weight excluding hydrogens is 222 g/mol. The minimum Gasteiger partial charge on any atom is -0.324 e. The molecule has 0 spiro atoms. The number of hydrogen-bond acceptors (Lipinski definition) is 3. The Labute approximate surface area is 97.6 Å². The van der Waals surface area contributed by atoms with Gasteiger partial charge in [-0.25, -0.2) is 8.42 Å². The number of hydrogen-bond donors (Lipinski definition) is 1. The van der Waals surface area contributed by atoms with Crippen molar-refractivity contribution in [3.8, 4) is 0 Å². The van der Waals surface area contributed by atoms with Crippen molar-refractivity contribution in [1.82, 2.24) is 0 Å². The summed E-state index contributed by atoms with van der Waals surface area (Å²) in [5, 5.41) is 0. The molecule has 0 aliphatic carbocycles. The summed E-state index contributed by atoms with van der Waals surface area (Å²) in [5.74, 6) is 0.140. The number of benzene rings is 1. The maximum atomic E-state index is 11.1. The van der Waals surface area contributed by atoms with Gasteiger partial charge in [0.2, 0.25) is 0 Å². The van der Waals surface area contributed by atoms with E-state index in [1.54, 1.807) is 0 Å². The van der Waals surface area contributed by atoms with Gasteiger partial charge < -0.3 is 5.73 Å². The van der Waals surface area contributed by atoms with Crippen LogP contribution in [0.2, 0.25) is 0 Å². The fourth-order valence-electron chi connectivity index (χ4n) is 1.74. The van der Waals surface area contributed by atoms with Crippen molar-refractivity contribution in [2.45, 2.75) is 26.3 Å². The van der Waals surface area contributed by atoms with Gasteiger partial charge in [-0.2, -0.15) is 0 Å². The predicted octanol–water partition coefficient (Wildman–Crippen LogP) is 1.74. The van der Waals surface area contributed by atoms with E-state index in [1.807, 2.05) is 26.0 Å². The van der Waals surface area contributed by atoms with Gasteiger partial charge in [-0.3, -0.25) is 0 Å². The van der Waals surface area contributed by atoms with E-state index < -0.39 is 9.84 Å². The molecular formula is C12H19NO2S. The Balaban J connectivity index is 2.77. The van der Waals surface area contributed by atoms with Gasteiger partial charge in [-0.05, 0) is 31.4 Å². The summed E-state index contributed by atoms with van der Waals surface area (Å²) in [6.45, 7) is 4.03. The highest BCUT2D eigenvalue weighted by Crippen LogP contribution is 2.20. The van der Waals surface area contributed by atoms with Crippen molar-refractivity contribution in [2.75, 3.05) is 12.0 Å². The van der Waals surface area contributed by atoms with E-state index in [1.165, 1.54) is 11.8 Å². The summed E-state index contributed by atoms with van der Waals surface area (Å²) in [7, 11) is -2.93. The number of aryl methyl sites for hydroxylation is 2. The zero-order chi connectivity index (χ0) is 12.3. The second kappa shape index (κ2) is 4.97. The van der Waals surface area contributed by atoms with E-state index in [0.29, 0.717) is 6.42 Å². The third kappa shape index (κ3) is 3.94. The Bertz CT molecular complexity index is 466. The van der Waals surface area contributed by atoms with Gasteiger partial charge >= 0.3 is 0 Å². The van der Waals surface area contributed by atoms with Crippen LogP contribution in [0, 0.1) is 13.8 Å². The van der Waals surface area contributed by atoms with Crippen LogP contribution in [0.15, 0.2) is 18.2 Å². The van der Waals surface area contributed by atoms with E-state index in [9.17, 15) is 8.42 Å². The molecule has 1 unspecified atom stereocenters. The van der Waals surface area contributed by atoms with Gasteiger partial charge in [-0.1, -0.05) is 23.8 Å². The molecule has 0 saturated heterocycles. The summed E-state index contributed by atoms with van der Waals surface area (Å²) < 4.78 is 22.1. The van der Waals surface area contributed by atoms with Gasteiger partial charge in [0.05, 0.1) is 5.75 Å².